The van der Waals surface area contributed by atoms with Crippen LogP contribution in [-0.4, -0.2) is 48.3 Å². The van der Waals surface area contributed by atoms with Gasteiger partial charge in [-0.25, -0.2) is 0 Å². The summed E-state index contributed by atoms with van der Waals surface area (Å²) in [5.74, 6) is 0.127. The van der Waals surface area contributed by atoms with Crippen molar-refractivity contribution in [1.29, 1.82) is 0 Å². The minimum absolute atomic E-state index is 0.127. The summed E-state index contributed by atoms with van der Waals surface area (Å²) >= 11 is 0. The van der Waals surface area contributed by atoms with Crippen LogP contribution >= 0.6 is 0 Å². The minimum Gasteiger partial charge on any atom is -0.339 e. The Labute approximate surface area is 101 Å². The van der Waals surface area contributed by atoms with Crippen molar-refractivity contribution in [2.45, 2.75) is 6.42 Å². The van der Waals surface area contributed by atoms with Crippen LogP contribution in [0.3, 0.4) is 0 Å². The van der Waals surface area contributed by atoms with Crippen LogP contribution in [-0.2, 0) is 16.0 Å². The van der Waals surface area contributed by atoms with Crippen molar-refractivity contribution in [3.05, 3.63) is 35.9 Å². The van der Waals surface area contributed by atoms with E-state index in [1.54, 1.807) is 9.80 Å². The topological polar surface area (TPSA) is 40.6 Å². The number of carbonyl (C=O) groups is 1. The fraction of sp³-hybridized carbons (Fsp3) is 0.385. The average molecular weight is 231 g/mol. The van der Waals surface area contributed by atoms with Crippen LogP contribution in [0.5, 0.6) is 0 Å². The summed E-state index contributed by atoms with van der Waals surface area (Å²) in [5.41, 5.74) is 1.03. The highest BCUT2D eigenvalue weighted by Gasteiger charge is 2.20. The van der Waals surface area contributed by atoms with E-state index in [1.165, 1.54) is 0 Å². The third-order valence-corrected chi connectivity index (χ3v) is 2.96. The first-order chi connectivity index (χ1) is 8.29. The van der Waals surface area contributed by atoms with Gasteiger partial charge in [0.25, 0.3) is 0 Å². The monoisotopic (exact) mass is 231 g/mol. The molecule has 4 nitrogen and oxygen atoms in total. The molecule has 1 aromatic rings. The quantitative estimate of drug-likeness (QED) is 0.757. The largest absolute Gasteiger partial charge is 0.339 e. The standard InChI is InChI=1S/C13H15N2O2/c16-11-14-6-8-15(9-7-14)13(17)10-12-4-2-1-3-5-12/h1-5H,6-10H2. The van der Waals surface area contributed by atoms with E-state index in [1.807, 2.05) is 36.7 Å². The predicted octanol–water partition coefficient (Wildman–Crippen LogP) is 0.440. The third-order valence-electron chi connectivity index (χ3n) is 2.96. The lowest BCUT2D eigenvalue weighted by Gasteiger charge is -2.32. The van der Waals surface area contributed by atoms with Gasteiger partial charge in [0, 0.05) is 26.2 Å². The first-order valence-corrected chi connectivity index (χ1v) is 5.74. The third kappa shape index (κ3) is 3.06. The fourth-order valence-corrected chi connectivity index (χ4v) is 1.93. The van der Waals surface area contributed by atoms with E-state index in [0.29, 0.717) is 32.6 Å². The molecule has 0 saturated carbocycles. The van der Waals surface area contributed by atoms with E-state index in [4.69, 9.17) is 0 Å². The van der Waals surface area contributed by atoms with Crippen LogP contribution in [0.1, 0.15) is 5.56 Å². The summed E-state index contributed by atoms with van der Waals surface area (Å²) in [6.07, 6.45) is 2.29. The van der Waals surface area contributed by atoms with Gasteiger partial charge in [-0.3, -0.25) is 9.59 Å². The van der Waals surface area contributed by atoms with Gasteiger partial charge in [0.05, 0.1) is 6.42 Å². The summed E-state index contributed by atoms with van der Waals surface area (Å²) in [7, 11) is 0. The zero-order valence-electron chi connectivity index (χ0n) is 9.63. The zero-order valence-corrected chi connectivity index (χ0v) is 9.63. The highest BCUT2D eigenvalue weighted by Crippen LogP contribution is 2.05. The number of hydrogen-bond donors (Lipinski definition) is 0. The van der Waals surface area contributed by atoms with Crippen molar-refractivity contribution >= 4 is 12.3 Å². The maximum absolute atomic E-state index is 12.0. The van der Waals surface area contributed by atoms with Crippen molar-refractivity contribution in [1.82, 2.24) is 9.80 Å². The molecule has 0 atom stereocenters. The van der Waals surface area contributed by atoms with Gasteiger partial charge in [0.2, 0.25) is 5.91 Å². The van der Waals surface area contributed by atoms with E-state index < -0.39 is 0 Å². The molecule has 1 heterocycles. The number of hydrogen-bond acceptors (Lipinski definition) is 2. The number of rotatable bonds is 3. The Morgan fingerprint density at radius 3 is 2.35 bits per heavy atom. The molecule has 17 heavy (non-hydrogen) atoms. The zero-order chi connectivity index (χ0) is 12.1. The molecular formula is C13H15N2O2. The van der Waals surface area contributed by atoms with Crippen LogP contribution < -0.4 is 0 Å². The van der Waals surface area contributed by atoms with E-state index in [-0.39, 0.29) is 5.91 Å². The van der Waals surface area contributed by atoms with Crippen LogP contribution in [0.2, 0.25) is 0 Å². The molecule has 2 rings (SSSR count). The molecular weight excluding hydrogens is 216 g/mol. The lowest BCUT2D eigenvalue weighted by Crippen LogP contribution is -2.48. The van der Waals surface area contributed by atoms with E-state index in [9.17, 15) is 9.59 Å². The molecule has 2 amide bonds. The van der Waals surface area contributed by atoms with Gasteiger partial charge in [-0.05, 0) is 5.56 Å². The van der Waals surface area contributed by atoms with Crippen molar-refractivity contribution in [3.8, 4) is 0 Å². The molecule has 1 radical (unpaired) electrons. The molecule has 1 saturated heterocycles. The van der Waals surface area contributed by atoms with Gasteiger partial charge >= 0.3 is 6.41 Å². The summed E-state index contributed by atoms with van der Waals surface area (Å²) in [5, 5.41) is 0. The van der Waals surface area contributed by atoms with Gasteiger partial charge in [-0.15, -0.1) is 0 Å². The molecule has 89 valence electrons. The van der Waals surface area contributed by atoms with Crippen molar-refractivity contribution < 1.29 is 9.59 Å². The SMILES string of the molecule is O=[C]N1CCN(C(=O)Cc2ccccc2)CC1. The van der Waals surface area contributed by atoms with Crippen LogP contribution in [0.15, 0.2) is 30.3 Å². The molecule has 1 fully saturated rings. The van der Waals surface area contributed by atoms with Gasteiger partial charge < -0.3 is 9.80 Å². The molecule has 1 aliphatic heterocycles. The lowest BCUT2D eigenvalue weighted by molar-refractivity contribution is -0.131. The maximum atomic E-state index is 12.0. The molecule has 1 aromatic carbocycles. The van der Waals surface area contributed by atoms with E-state index >= 15 is 0 Å². The second-order valence-electron chi connectivity index (χ2n) is 4.12. The van der Waals surface area contributed by atoms with Crippen molar-refractivity contribution in [3.63, 3.8) is 0 Å². The average Bonchev–Trinajstić information content (AvgIpc) is 2.40. The predicted molar refractivity (Wildman–Crippen MR) is 64.0 cm³/mol. The van der Waals surface area contributed by atoms with Crippen LogP contribution in [0.4, 0.5) is 0 Å². The second-order valence-corrected chi connectivity index (χ2v) is 4.12. The molecule has 0 bridgehead atoms. The van der Waals surface area contributed by atoms with Gasteiger partial charge in [0.15, 0.2) is 0 Å². The molecule has 0 aliphatic carbocycles. The smallest absolute Gasteiger partial charge is 0.312 e. The van der Waals surface area contributed by atoms with Crippen LogP contribution in [0.25, 0.3) is 0 Å². The van der Waals surface area contributed by atoms with Gasteiger partial charge in [0.1, 0.15) is 0 Å². The second kappa shape index (κ2) is 5.48. The Bertz CT molecular complexity index is 384. The lowest BCUT2D eigenvalue weighted by atomic mass is 10.1. The molecule has 1 aliphatic rings. The number of benzene rings is 1. The first-order valence-electron chi connectivity index (χ1n) is 5.74. The van der Waals surface area contributed by atoms with Gasteiger partial charge in [-0.1, -0.05) is 30.3 Å². The van der Waals surface area contributed by atoms with Crippen molar-refractivity contribution in [2.75, 3.05) is 26.2 Å². The Hall–Kier alpha value is -1.84. The number of carbonyl (C=O) groups excluding carboxylic acids is 2. The fourth-order valence-electron chi connectivity index (χ4n) is 1.93. The summed E-state index contributed by atoms with van der Waals surface area (Å²) in [6.45, 7) is 2.40. The number of amides is 2. The highest BCUT2D eigenvalue weighted by atomic mass is 16.2. The number of nitrogens with zero attached hydrogens (tertiary/aromatic N) is 2. The molecule has 0 aromatic heterocycles. The summed E-state index contributed by atoms with van der Waals surface area (Å²) in [4.78, 5) is 25.8. The minimum atomic E-state index is 0.127. The summed E-state index contributed by atoms with van der Waals surface area (Å²) in [6, 6.07) is 9.71. The maximum Gasteiger partial charge on any atom is 0.312 e. The van der Waals surface area contributed by atoms with Gasteiger partial charge in [-0.2, -0.15) is 0 Å². The normalized spacial score (nSPS) is 15.8. The number of piperazine rings is 1. The Kier molecular flexibility index (Phi) is 3.75. The van der Waals surface area contributed by atoms with E-state index in [2.05, 4.69) is 0 Å². The summed E-state index contributed by atoms with van der Waals surface area (Å²) < 4.78 is 0. The first kappa shape index (κ1) is 11.6. The Balaban J connectivity index is 1.87. The van der Waals surface area contributed by atoms with Crippen LogP contribution in [0, 0.1) is 0 Å². The molecule has 0 spiro atoms. The van der Waals surface area contributed by atoms with Crippen molar-refractivity contribution in [2.24, 2.45) is 0 Å². The molecule has 0 N–H and O–H groups in total. The Morgan fingerprint density at radius 2 is 1.76 bits per heavy atom. The highest BCUT2D eigenvalue weighted by molar-refractivity contribution is 5.79. The molecule has 4 heteroatoms. The van der Waals surface area contributed by atoms with E-state index in [0.717, 1.165) is 5.56 Å². The Morgan fingerprint density at radius 1 is 1.12 bits per heavy atom. The molecule has 0 unspecified atom stereocenters.